The van der Waals surface area contributed by atoms with Crippen molar-refractivity contribution >= 4 is 51.6 Å². The van der Waals surface area contributed by atoms with Crippen molar-refractivity contribution in [3.05, 3.63) is 69.3 Å². The van der Waals surface area contributed by atoms with Crippen LogP contribution < -0.4 is 4.74 Å². The zero-order valence-corrected chi connectivity index (χ0v) is 20.1. The monoisotopic (exact) mass is 486 g/mol. The first kappa shape index (κ1) is 23.2. The van der Waals surface area contributed by atoms with E-state index in [1.54, 1.807) is 4.90 Å². The van der Waals surface area contributed by atoms with E-state index in [2.05, 4.69) is 0 Å². The van der Waals surface area contributed by atoms with Gasteiger partial charge in [-0.25, -0.2) is 0 Å². The Hall–Kier alpha value is -2.96. The molecule has 2 heterocycles. The van der Waals surface area contributed by atoms with E-state index in [1.165, 1.54) is 19.2 Å². The molecule has 1 atom stereocenters. The minimum atomic E-state index is -0.734. The standard InChI is InChI=1S/C25H24Cl2N2O4/c1-4-5-10-29-21(16-13-28(2)19-9-7-6-8-15(16)19)20(23(31)25(29)32)22(30)14-11-17(26)24(33-3)18(27)12-14/h6-9,11-13,21,30H,4-5,10H2,1-3H3/b22-20+. The molecule has 0 spiro atoms. The molecule has 3 aromatic rings. The Labute approximate surface area is 202 Å². The summed E-state index contributed by atoms with van der Waals surface area (Å²) >= 11 is 12.5. The normalized spacial score (nSPS) is 17.8. The molecule has 1 fully saturated rings. The lowest BCUT2D eigenvalue weighted by Gasteiger charge is -2.24. The third-order valence-electron chi connectivity index (χ3n) is 5.99. The Kier molecular flexibility index (Phi) is 6.41. The van der Waals surface area contributed by atoms with Gasteiger partial charge in [0.1, 0.15) is 5.76 Å². The number of likely N-dealkylation sites (tertiary alicyclic amines) is 1. The van der Waals surface area contributed by atoms with E-state index in [0.717, 1.165) is 29.3 Å². The van der Waals surface area contributed by atoms with Gasteiger partial charge in [-0.2, -0.15) is 0 Å². The van der Waals surface area contributed by atoms with E-state index in [0.29, 0.717) is 6.54 Å². The predicted octanol–water partition coefficient (Wildman–Crippen LogP) is 5.72. The molecule has 1 amide bonds. The number of rotatable bonds is 6. The number of aliphatic hydroxyl groups excluding tert-OH is 1. The number of halogens is 2. The number of amides is 1. The lowest BCUT2D eigenvalue weighted by molar-refractivity contribution is -0.139. The van der Waals surface area contributed by atoms with Gasteiger partial charge in [0.15, 0.2) is 5.75 Å². The van der Waals surface area contributed by atoms with Gasteiger partial charge in [0.05, 0.1) is 28.8 Å². The fourth-order valence-electron chi connectivity index (χ4n) is 4.40. The number of unbranched alkanes of at least 4 members (excludes halogenated alkanes) is 1. The second-order valence-electron chi connectivity index (χ2n) is 8.03. The lowest BCUT2D eigenvalue weighted by Crippen LogP contribution is -2.30. The summed E-state index contributed by atoms with van der Waals surface area (Å²) in [6, 6.07) is 9.98. The van der Waals surface area contributed by atoms with E-state index in [1.807, 2.05) is 49.0 Å². The van der Waals surface area contributed by atoms with Crippen LogP contribution in [-0.4, -0.2) is 39.9 Å². The number of ether oxygens (including phenoxy) is 1. The molecule has 172 valence electrons. The molecule has 0 bridgehead atoms. The van der Waals surface area contributed by atoms with Crippen LogP contribution >= 0.6 is 23.2 Å². The Morgan fingerprint density at radius 1 is 1.15 bits per heavy atom. The summed E-state index contributed by atoms with van der Waals surface area (Å²) in [7, 11) is 3.35. The highest BCUT2D eigenvalue weighted by Crippen LogP contribution is 2.44. The molecule has 1 aliphatic rings. The van der Waals surface area contributed by atoms with Crippen LogP contribution in [-0.2, 0) is 16.6 Å². The van der Waals surface area contributed by atoms with Gasteiger partial charge >= 0.3 is 0 Å². The summed E-state index contributed by atoms with van der Waals surface area (Å²) in [5, 5.41) is 12.6. The van der Waals surface area contributed by atoms with Crippen molar-refractivity contribution in [2.24, 2.45) is 7.05 Å². The summed E-state index contributed by atoms with van der Waals surface area (Å²) in [5.74, 6) is -1.42. The number of benzene rings is 2. The van der Waals surface area contributed by atoms with Crippen molar-refractivity contribution in [2.45, 2.75) is 25.8 Å². The van der Waals surface area contributed by atoms with E-state index < -0.39 is 17.7 Å². The van der Waals surface area contributed by atoms with Crippen LogP contribution in [0.15, 0.2) is 48.2 Å². The number of aromatic nitrogens is 1. The second-order valence-corrected chi connectivity index (χ2v) is 8.85. The third-order valence-corrected chi connectivity index (χ3v) is 6.55. The number of fused-ring (bicyclic) bond motifs is 1. The summed E-state index contributed by atoms with van der Waals surface area (Å²) in [6.45, 7) is 2.42. The van der Waals surface area contributed by atoms with Crippen molar-refractivity contribution in [2.75, 3.05) is 13.7 Å². The average Bonchev–Trinajstić information content (AvgIpc) is 3.25. The van der Waals surface area contributed by atoms with Gasteiger partial charge in [-0.3, -0.25) is 9.59 Å². The van der Waals surface area contributed by atoms with Gasteiger partial charge in [0.25, 0.3) is 11.7 Å². The van der Waals surface area contributed by atoms with Crippen LogP contribution in [0.25, 0.3) is 16.7 Å². The number of carbonyl (C=O) groups excluding carboxylic acids is 2. The fourth-order valence-corrected chi connectivity index (χ4v) is 5.04. The Morgan fingerprint density at radius 3 is 2.45 bits per heavy atom. The molecule has 1 N–H and O–H groups in total. The van der Waals surface area contributed by atoms with Crippen LogP contribution in [0.1, 0.15) is 36.9 Å². The number of hydrogen-bond acceptors (Lipinski definition) is 4. The van der Waals surface area contributed by atoms with Crippen LogP contribution in [0.3, 0.4) is 0 Å². The molecule has 8 heteroatoms. The van der Waals surface area contributed by atoms with Crippen LogP contribution in [0.2, 0.25) is 10.0 Å². The highest BCUT2D eigenvalue weighted by Gasteiger charge is 2.46. The molecule has 1 saturated heterocycles. The quantitative estimate of drug-likeness (QED) is 0.275. The Balaban J connectivity index is 1.97. The minimum absolute atomic E-state index is 0.0183. The number of para-hydroxylation sites is 1. The predicted molar refractivity (Wildman–Crippen MR) is 130 cm³/mol. The molecule has 0 saturated carbocycles. The van der Waals surface area contributed by atoms with Crippen molar-refractivity contribution in [1.29, 1.82) is 0 Å². The van der Waals surface area contributed by atoms with Gasteiger partial charge in [0.2, 0.25) is 0 Å². The van der Waals surface area contributed by atoms with Gasteiger partial charge in [-0.15, -0.1) is 0 Å². The molecule has 1 unspecified atom stereocenters. The number of carbonyl (C=O) groups is 2. The lowest BCUT2D eigenvalue weighted by atomic mass is 9.95. The zero-order valence-electron chi connectivity index (χ0n) is 18.6. The van der Waals surface area contributed by atoms with Crippen molar-refractivity contribution in [3.63, 3.8) is 0 Å². The van der Waals surface area contributed by atoms with Gasteiger partial charge < -0.3 is 19.3 Å². The number of Topliss-reactive ketones (excluding diaryl/α,β-unsaturated/α-hetero) is 1. The van der Waals surface area contributed by atoms with E-state index >= 15 is 0 Å². The van der Waals surface area contributed by atoms with Gasteiger partial charge in [-0.05, 0) is 24.6 Å². The maximum absolute atomic E-state index is 13.2. The third kappa shape index (κ3) is 3.87. The Bertz CT molecular complexity index is 1270. The van der Waals surface area contributed by atoms with Crippen LogP contribution in [0.5, 0.6) is 5.75 Å². The molecular weight excluding hydrogens is 463 g/mol. The molecule has 1 aliphatic heterocycles. The van der Waals surface area contributed by atoms with Crippen molar-refractivity contribution < 1.29 is 19.4 Å². The maximum atomic E-state index is 13.2. The summed E-state index contributed by atoms with van der Waals surface area (Å²) < 4.78 is 7.13. The summed E-state index contributed by atoms with van der Waals surface area (Å²) in [4.78, 5) is 27.8. The highest BCUT2D eigenvalue weighted by atomic mass is 35.5. The molecule has 6 nitrogen and oxygen atoms in total. The first-order valence-corrected chi connectivity index (χ1v) is 11.4. The fraction of sp³-hybridized carbons (Fsp3) is 0.280. The molecule has 33 heavy (non-hydrogen) atoms. The van der Waals surface area contributed by atoms with E-state index in [-0.39, 0.29) is 32.7 Å². The number of methoxy groups -OCH3 is 1. The smallest absolute Gasteiger partial charge is 0.295 e. The number of hydrogen-bond donors (Lipinski definition) is 1. The van der Waals surface area contributed by atoms with E-state index in [4.69, 9.17) is 27.9 Å². The Morgan fingerprint density at radius 2 is 1.82 bits per heavy atom. The molecule has 0 aliphatic carbocycles. The molecule has 1 aromatic heterocycles. The number of aliphatic hydroxyl groups is 1. The zero-order chi connectivity index (χ0) is 23.9. The topological polar surface area (TPSA) is 71.8 Å². The first-order valence-electron chi connectivity index (χ1n) is 10.7. The number of ketones is 1. The SMILES string of the molecule is CCCCN1C(=O)C(=O)/C(=C(/O)c2cc(Cl)c(OC)c(Cl)c2)C1c1cn(C)c2ccccc12. The highest BCUT2D eigenvalue weighted by molar-refractivity contribution is 6.47. The summed E-state index contributed by atoms with van der Waals surface area (Å²) in [6.07, 6.45) is 3.49. The van der Waals surface area contributed by atoms with Crippen LogP contribution in [0.4, 0.5) is 0 Å². The minimum Gasteiger partial charge on any atom is -0.507 e. The molecular formula is C25H24Cl2N2O4. The molecule has 4 rings (SSSR count). The van der Waals surface area contributed by atoms with Gasteiger partial charge in [0, 0.05) is 41.8 Å². The number of nitrogens with zero attached hydrogens (tertiary/aromatic N) is 2. The first-order chi connectivity index (χ1) is 15.8. The molecule has 0 radical (unpaired) electrons. The molecule has 2 aromatic carbocycles. The van der Waals surface area contributed by atoms with E-state index in [9.17, 15) is 14.7 Å². The van der Waals surface area contributed by atoms with Crippen LogP contribution in [0, 0.1) is 0 Å². The number of aryl methyl sites for hydroxylation is 1. The van der Waals surface area contributed by atoms with Crippen molar-refractivity contribution in [1.82, 2.24) is 9.47 Å². The average molecular weight is 487 g/mol. The second kappa shape index (κ2) is 9.12. The largest absolute Gasteiger partial charge is 0.507 e. The maximum Gasteiger partial charge on any atom is 0.295 e. The van der Waals surface area contributed by atoms with Crippen molar-refractivity contribution in [3.8, 4) is 5.75 Å². The summed E-state index contributed by atoms with van der Waals surface area (Å²) in [5.41, 5.74) is 1.99. The van der Waals surface area contributed by atoms with Gasteiger partial charge in [-0.1, -0.05) is 54.7 Å².